The molecule has 13 heteroatoms. The summed E-state index contributed by atoms with van der Waals surface area (Å²) in [7, 11) is 0. The second-order valence-electron chi connectivity index (χ2n) is 6.79. The van der Waals surface area contributed by atoms with Crippen LogP contribution < -0.4 is 15.6 Å². The molecule has 0 radical (unpaired) electrons. The SMILES string of the molecule is CCOC(=O)NC(=O)/C(N=Nc1cc(Cl)c(Oc2cc(C(C)C)c(=O)[nH]n2)c(Cl)c1)=C(\C)O. The average Bonchev–Trinajstić information content (AvgIpc) is 2.71. The summed E-state index contributed by atoms with van der Waals surface area (Å²) in [5.41, 5.74) is -0.260. The molecule has 0 aliphatic rings. The summed E-state index contributed by atoms with van der Waals surface area (Å²) in [6.07, 6.45) is -1.000. The number of allylic oxidation sites excluding steroid dienone is 1. The Balaban J connectivity index is 2.27. The van der Waals surface area contributed by atoms with Gasteiger partial charge in [-0.05, 0) is 31.9 Å². The van der Waals surface area contributed by atoms with Gasteiger partial charge in [0, 0.05) is 11.6 Å². The molecule has 176 valence electrons. The fourth-order valence-electron chi connectivity index (χ4n) is 2.40. The van der Waals surface area contributed by atoms with E-state index >= 15 is 0 Å². The van der Waals surface area contributed by atoms with Crippen LogP contribution in [-0.2, 0) is 9.53 Å². The molecule has 1 aromatic carbocycles. The van der Waals surface area contributed by atoms with Gasteiger partial charge in [-0.3, -0.25) is 14.9 Å². The van der Waals surface area contributed by atoms with Crippen molar-refractivity contribution in [2.75, 3.05) is 6.61 Å². The van der Waals surface area contributed by atoms with E-state index in [9.17, 15) is 19.5 Å². The number of hydrogen-bond donors (Lipinski definition) is 3. The summed E-state index contributed by atoms with van der Waals surface area (Å²) in [5, 5.41) is 25.3. The number of alkyl carbamates (subject to hydrolysis) is 1. The molecule has 1 heterocycles. The molecule has 0 bridgehead atoms. The molecule has 11 nitrogen and oxygen atoms in total. The Morgan fingerprint density at radius 1 is 1.24 bits per heavy atom. The van der Waals surface area contributed by atoms with Crippen molar-refractivity contribution in [2.24, 2.45) is 10.2 Å². The summed E-state index contributed by atoms with van der Waals surface area (Å²) >= 11 is 12.5. The number of hydrogen-bond acceptors (Lipinski definition) is 9. The van der Waals surface area contributed by atoms with E-state index in [-0.39, 0.29) is 45.4 Å². The number of halogens is 2. The molecule has 0 aliphatic heterocycles. The highest BCUT2D eigenvalue weighted by Crippen LogP contribution is 2.39. The van der Waals surface area contributed by atoms with Crippen LogP contribution in [0.25, 0.3) is 0 Å². The van der Waals surface area contributed by atoms with E-state index in [1.807, 2.05) is 19.2 Å². The zero-order valence-electron chi connectivity index (χ0n) is 18.1. The number of aliphatic hydroxyl groups is 1. The number of nitrogens with one attached hydrogen (secondary N) is 2. The molecule has 0 aliphatic carbocycles. The highest BCUT2D eigenvalue weighted by Gasteiger charge is 2.18. The molecule has 2 rings (SSSR count). The minimum Gasteiger partial charge on any atom is -0.510 e. The number of aromatic nitrogens is 2. The number of rotatable bonds is 7. The maximum Gasteiger partial charge on any atom is 0.414 e. The highest BCUT2D eigenvalue weighted by atomic mass is 35.5. The summed E-state index contributed by atoms with van der Waals surface area (Å²) in [6, 6.07) is 4.16. The first-order valence-electron chi connectivity index (χ1n) is 9.59. The number of imide groups is 1. The van der Waals surface area contributed by atoms with Crippen LogP contribution in [0.15, 0.2) is 44.7 Å². The van der Waals surface area contributed by atoms with Gasteiger partial charge in [0.05, 0.1) is 22.3 Å². The lowest BCUT2D eigenvalue weighted by Gasteiger charge is -2.11. The Hall–Kier alpha value is -3.44. The summed E-state index contributed by atoms with van der Waals surface area (Å²) < 4.78 is 10.2. The number of benzene rings is 1. The fourth-order valence-corrected chi connectivity index (χ4v) is 2.95. The highest BCUT2D eigenvalue weighted by molar-refractivity contribution is 6.37. The zero-order chi connectivity index (χ0) is 24.7. The molecule has 0 atom stereocenters. The molecule has 33 heavy (non-hydrogen) atoms. The van der Waals surface area contributed by atoms with Crippen LogP contribution in [0.4, 0.5) is 10.5 Å². The van der Waals surface area contributed by atoms with E-state index in [0.717, 1.165) is 0 Å². The van der Waals surface area contributed by atoms with Crippen LogP contribution in [0.5, 0.6) is 11.6 Å². The molecule has 0 unspecified atom stereocenters. The molecular weight excluding hydrogens is 477 g/mol. The molecule has 2 amide bonds. The number of ether oxygens (including phenoxy) is 2. The van der Waals surface area contributed by atoms with E-state index in [1.54, 1.807) is 6.92 Å². The van der Waals surface area contributed by atoms with Crippen molar-refractivity contribution in [1.29, 1.82) is 0 Å². The van der Waals surface area contributed by atoms with Gasteiger partial charge in [0.1, 0.15) is 5.76 Å². The van der Waals surface area contributed by atoms with Crippen molar-refractivity contribution < 1.29 is 24.2 Å². The third-order valence-corrected chi connectivity index (χ3v) is 4.50. The van der Waals surface area contributed by atoms with Crippen molar-refractivity contribution in [3.8, 4) is 11.6 Å². The lowest BCUT2D eigenvalue weighted by Crippen LogP contribution is -2.32. The first-order valence-corrected chi connectivity index (χ1v) is 10.3. The number of carbonyl (C=O) groups excluding carboxylic acids is 2. The molecule has 0 saturated carbocycles. The van der Waals surface area contributed by atoms with Gasteiger partial charge in [-0.1, -0.05) is 37.0 Å². The number of azo groups is 1. The molecule has 3 N–H and O–H groups in total. The van der Waals surface area contributed by atoms with Gasteiger partial charge < -0.3 is 14.6 Å². The van der Waals surface area contributed by atoms with Crippen LogP contribution >= 0.6 is 23.2 Å². The van der Waals surface area contributed by atoms with Gasteiger partial charge in [-0.2, -0.15) is 5.11 Å². The fraction of sp³-hybridized carbons (Fsp3) is 0.300. The third kappa shape index (κ3) is 7.02. The summed E-state index contributed by atoms with van der Waals surface area (Å²) in [6.45, 7) is 6.50. The molecule has 2 aromatic rings. The smallest absolute Gasteiger partial charge is 0.414 e. The minimum absolute atomic E-state index is 0.0396. The number of amides is 2. The first-order chi connectivity index (χ1) is 15.5. The Labute approximate surface area is 198 Å². The van der Waals surface area contributed by atoms with Gasteiger partial charge in [0.15, 0.2) is 11.4 Å². The van der Waals surface area contributed by atoms with Crippen LogP contribution in [0, 0.1) is 0 Å². The van der Waals surface area contributed by atoms with E-state index < -0.39 is 23.5 Å². The monoisotopic (exact) mass is 497 g/mol. The number of aromatic amines is 1. The summed E-state index contributed by atoms with van der Waals surface area (Å²) in [5.74, 6) is -1.43. The van der Waals surface area contributed by atoms with E-state index in [1.165, 1.54) is 25.1 Å². The largest absolute Gasteiger partial charge is 0.510 e. The standard InChI is InChI=1S/C20H21Cl2N5O6/c1-5-32-20(31)23-19(30)16(10(4)28)26-24-11-6-13(21)17(14(22)7-11)33-15-8-12(9(2)3)18(29)27-25-15/h6-9,28H,5H2,1-4H3,(H,27,29)(H,23,30,31)/b16-10-,26-24?. The van der Waals surface area contributed by atoms with Crippen LogP contribution in [0.2, 0.25) is 10.0 Å². The predicted molar refractivity (Wildman–Crippen MR) is 120 cm³/mol. The lowest BCUT2D eigenvalue weighted by molar-refractivity contribution is -0.117. The van der Waals surface area contributed by atoms with Crippen LogP contribution in [-0.4, -0.2) is 33.9 Å². The van der Waals surface area contributed by atoms with E-state index in [0.29, 0.717) is 5.56 Å². The van der Waals surface area contributed by atoms with Crippen molar-refractivity contribution in [1.82, 2.24) is 15.5 Å². The van der Waals surface area contributed by atoms with Gasteiger partial charge in [-0.25, -0.2) is 9.89 Å². The number of H-pyrrole nitrogens is 1. The second kappa shape index (κ2) is 11.4. The maximum atomic E-state index is 12.1. The quantitative estimate of drug-likeness (QED) is 0.271. The second-order valence-corrected chi connectivity index (χ2v) is 7.61. The Bertz CT molecular complexity index is 1150. The molecule has 0 fully saturated rings. The number of carbonyl (C=O) groups is 2. The van der Waals surface area contributed by atoms with Gasteiger partial charge in [0.2, 0.25) is 5.88 Å². The molecule has 1 aromatic heterocycles. The average molecular weight is 498 g/mol. The molecular formula is C20H21Cl2N5O6. The van der Waals surface area contributed by atoms with Crippen molar-refractivity contribution >= 4 is 40.9 Å². The van der Waals surface area contributed by atoms with Crippen molar-refractivity contribution in [3.05, 3.63) is 55.6 Å². The van der Waals surface area contributed by atoms with E-state index in [4.69, 9.17) is 27.9 Å². The van der Waals surface area contributed by atoms with Gasteiger partial charge in [-0.15, -0.1) is 10.2 Å². The number of nitrogens with zero attached hydrogens (tertiary/aromatic N) is 3. The normalized spacial score (nSPS) is 12.0. The Kier molecular flexibility index (Phi) is 8.94. The minimum atomic E-state index is -1.01. The Morgan fingerprint density at radius 2 is 1.88 bits per heavy atom. The van der Waals surface area contributed by atoms with Gasteiger partial charge >= 0.3 is 6.09 Å². The van der Waals surface area contributed by atoms with Crippen LogP contribution in [0.3, 0.4) is 0 Å². The number of aliphatic hydroxyl groups excluding tert-OH is 1. The molecule has 0 saturated heterocycles. The van der Waals surface area contributed by atoms with Crippen LogP contribution in [0.1, 0.15) is 39.2 Å². The topological polar surface area (TPSA) is 155 Å². The third-order valence-electron chi connectivity index (χ3n) is 3.93. The molecule has 0 spiro atoms. The first kappa shape index (κ1) is 25.8. The maximum absolute atomic E-state index is 12.1. The summed E-state index contributed by atoms with van der Waals surface area (Å²) in [4.78, 5) is 35.3. The lowest BCUT2D eigenvalue weighted by atomic mass is 10.1. The van der Waals surface area contributed by atoms with Gasteiger partial charge in [0.25, 0.3) is 11.5 Å². The van der Waals surface area contributed by atoms with Crippen molar-refractivity contribution in [2.45, 2.75) is 33.6 Å². The van der Waals surface area contributed by atoms with Crippen molar-refractivity contribution in [3.63, 3.8) is 0 Å². The predicted octanol–water partition coefficient (Wildman–Crippen LogP) is 5.14. The zero-order valence-corrected chi connectivity index (χ0v) is 19.6. The Morgan fingerprint density at radius 3 is 2.42 bits per heavy atom. The van der Waals surface area contributed by atoms with E-state index in [2.05, 4.69) is 25.2 Å².